The number of aryl methyl sites for hydroxylation is 1. The van der Waals surface area contributed by atoms with Gasteiger partial charge in [-0.1, -0.05) is 24.3 Å². The third kappa shape index (κ3) is 3.01. The van der Waals surface area contributed by atoms with Crippen molar-refractivity contribution in [2.45, 2.75) is 31.8 Å². The highest BCUT2D eigenvalue weighted by Crippen LogP contribution is 2.49. The summed E-state index contributed by atoms with van der Waals surface area (Å²) in [6, 6.07) is 12.1. The number of rotatable bonds is 4. The molecule has 2 aromatic rings. The Kier molecular flexibility index (Phi) is 3.97. The summed E-state index contributed by atoms with van der Waals surface area (Å²) in [6.45, 7) is 3.62. The van der Waals surface area contributed by atoms with Crippen LogP contribution in [-0.2, 0) is 4.79 Å². The molecule has 3 atom stereocenters. The zero-order valence-electron chi connectivity index (χ0n) is 13.9. The summed E-state index contributed by atoms with van der Waals surface area (Å²) < 4.78 is 5.95. The fraction of sp³-hybridized carbons (Fsp3) is 0.400. The van der Waals surface area contributed by atoms with E-state index in [-0.39, 0.29) is 12.0 Å². The lowest BCUT2D eigenvalue weighted by molar-refractivity contribution is -0.131. The second-order valence-corrected chi connectivity index (χ2v) is 6.80. The van der Waals surface area contributed by atoms with Crippen LogP contribution in [0.5, 0.6) is 5.75 Å². The third-order valence-corrected chi connectivity index (χ3v) is 5.10. The van der Waals surface area contributed by atoms with Crippen LogP contribution in [0.2, 0.25) is 0 Å². The minimum atomic E-state index is 0.0898. The van der Waals surface area contributed by atoms with E-state index in [0.29, 0.717) is 18.4 Å². The highest BCUT2D eigenvalue weighted by molar-refractivity contribution is 5.83. The summed E-state index contributed by atoms with van der Waals surface area (Å²) in [7, 11) is 0. The van der Waals surface area contributed by atoms with Gasteiger partial charge in [0, 0.05) is 31.3 Å². The Hall–Kier alpha value is -2.36. The zero-order chi connectivity index (χ0) is 16.5. The van der Waals surface area contributed by atoms with Crippen molar-refractivity contribution >= 4 is 5.91 Å². The summed E-state index contributed by atoms with van der Waals surface area (Å²) in [5, 5.41) is 0. The molecule has 4 heteroatoms. The third-order valence-electron chi connectivity index (χ3n) is 5.10. The lowest BCUT2D eigenvalue weighted by atomic mass is 10.0. The number of carbonyl (C=O) groups is 1. The average Bonchev–Trinajstić information content (AvgIpc) is 3.26. The fourth-order valence-electron chi connectivity index (χ4n) is 3.68. The summed E-state index contributed by atoms with van der Waals surface area (Å²) in [4.78, 5) is 18.7. The molecule has 24 heavy (non-hydrogen) atoms. The highest BCUT2D eigenvalue weighted by Gasteiger charge is 2.47. The Bertz CT molecular complexity index is 731. The van der Waals surface area contributed by atoms with Crippen molar-refractivity contribution in [1.82, 2.24) is 9.88 Å². The van der Waals surface area contributed by atoms with E-state index < -0.39 is 0 Å². The van der Waals surface area contributed by atoms with E-state index in [2.05, 4.69) is 36.2 Å². The lowest BCUT2D eigenvalue weighted by Gasteiger charge is -2.17. The average molecular weight is 322 g/mol. The van der Waals surface area contributed by atoms with Crippen LogP contribution in [0.1, 0.15) is 29.9 Å². The minimum absolute atomic E-state index is 0.0898. The molecule has 2 fully saturated rings. The SMILES string of the molecule is Cc1ccccc1C1CC1C(=O)N1CCC(Oc2ccncc2)C1. The lowest BCUT2D eigenvalue weighted by Crippen LogP contribution is -2.32. The van der Waals surface area contributed by atoms with E-state index in [1.165, 1.54) is 11.1 Å². The molecule has 1 aromatic carbocycles. The first-order chi connectivity index (χ1) is 11.7. The van der Waals surface area contributed by atoms with E-state index in [1.54, 1.807) is 12.4 Å². The predicted molar refractivity (Wildman–Crippen MR) is 91.9 cm³/mol. The number of likely N-dealkylation sites (tertiary alicyclic amines) is 1. The van der Waals surface area contributed by atoms with Crippen LogP contribution < -0.4 is 4.74 Å². The quantitative estimate of drug-likeness (QED) is 0.868. The maximum absolute atomic E-state index is 12.8. The molecule has 1 saturated heterocycles. The molecule has 1 aliphatic carbocycles. The maximum atomic E-state index is 12.8. The number of nitrogens with zero attached hydrogens (tertiary/aromatic N) is 2. The van der Waals surface area contributed by atoms with E-state index >= 15 is 0 Å². The molecule has 4 nitrogen and oxygen atoms in total. The monoisotopic (exact) mass is 322 g/mol. The topological polar surface area (TPSA) is 42.4 Å². The molecule has 2 aliphatic rings. The molecule has 1 saturated carbocycles. The zero-order valence-corrected chi connectivity index (χ0v) is 13.9. The van der Waals surface area contributed by atoms with Crippen molar-refractivity contribution in [2.75, 3.05) is 13.1 Å². The van der Waals surface area contributed by atoms with Crippen LogP contribution >= 0.6 is 0 Å². The Morgan fingerprint density at radius 1 is 1.21 bits per heavy atom. The van der Waals surface area contributed by atoms with Gasteiger partial charge in [-0.2, -0.15) is 0 Å². The van der Waals surface area contributed by atoms with Gasteiger partial charge in [0.1, 0.15) is 11.9 Å². The molecule has 3 unspecified atom stereocenters. The first-order valence-corrected chi connectivity index (χ1v) is 8.63. The second-order valence-electron chi connectivity index (χ2n) is 6.80. The first kappa shape index (κ1) is 15.2. The van der Waals surface area contributed by atoms with Gasteiger partial charge in [-0.15, -0.1) is 0 Å². The molecule has 0 N–H and O–H groups in total. The molecule has 124 valence electrons. The van der Waals surface area contributed by atoms with Gasteiger partial charge in [0.25, 0.3) is 0 Å². The van der Waals surface area contributed by atoms with Gasteiger partial charge in [0.05, 0.1) is 6.54 Å². The molecule has 0 radical (unpaired) electrons. The number of carbonyl (C=O) groups excluding carboxylic acids is 1. The van der Waals surface area contributed by atoms with Crippen LogP contribution in [0.3, 0.4) is 0 Å². The smallest absolute Gasteiger partial charge is 0.226 e. The van der Waals surface area contributed by atoms with Gasteiger partial charge in [-0.3, -0.25) is 9.78 Å². The van der Waals surface area contributed by atoms with Crippen molar-refractivity contribution in [3.63, 3.8) is 0 Å². The molecule has 0 spiro atoms. The second kappa shape index (κ2) is 6.27. The predicted octanol–water partition coefficient (Wildman–Crippen LogP) is 3.17. The molecular formula is C20H22N2O2. The molecule has 1 amide bonds. The van der Waals surface area contributed by atoms with Gasteiger partial charge in [0.2, 0.25) is 5.91 Å². The first-order valence-electron chi connectivity index (χ1n) is 8.63. The van der Waals surface area contributed by atoms with Gasteiger partial charge < -0.3 is 9.64 Å². The highest BCUT2D eigenvalue weighted by atomic mass is 16.5. The molecule has 2 heterocycles. The molecular weight excluding hydrogens is 300 g/mol. The Morgan fingerprint density at radius 3 is 2.79 bits per heavy atom. The van der Waals surface area contributed by atoms with E-state index in [4.69, 9.17) is 4.74 Å². The van der Waals surface area contributed by atoms with Crippen LogP contribution in [0, 0.1) is 12.8 Å². The summed E-state index contributed by atoms with van der Waals surface area (Å²) in [5.41, 5.74) is 2.62. The maximum Gasteiger partial charge on any atom is 0.226 e. The summed E-state index contributed by atoms with van der Waals surface area (Å²) in [5.74, 6) is 1.68. The fourth-order valence-corrected chi connectivity index (χ4v) is 3.68. The van der Waals surface area contributed by atoms with Crippen LogP contribution in [0.25, 0.3) is 0 Å². The summed E-state index contributed by atoms with van der Waals surface area (Å²) >= 11 is 0. The van der Waals surface area contributed by atoms with E-state index in [9.17, 15) is 4.79 Å². The molecule has 1 aliphatic heterocycles. The van der Waals surface area contributed by atoms with E-state index in [1.807, 2.05) is 17.0 Å². The van der Waals surface area contributed by atoms with Crippen molar-refractivity contribution in [3.8, 4) is 5.75 Å². The number of pyridine rings is 1. The van der Waals surface area contributed by atoms with Gasteiger partial charge in [-0.25, -0.2) is 0 Å². The van der Waals surface area contributed by atoms with Gasteiger partial charge in [0.15, 0.2) is 0 Å². The van der Waals surface area contributed by atoms with Gasteiger partial charge in [-0.05, 0) is 42.5 Å². The number of benzene rings is 1. The largest absolute Gasteiger partial charge is 0.488 e. The normalized spacial score (nSPS) is 25.5. The van der Waals surface area contributed by atoms with Gasteiger partial charge >= 0.3 is 0 Å². The number of hydrogen-bond acceptors (Lipinski definition) is 3. The number of ether oxygens (including phenoxy) is 1. The van der Waals surface area contributed by atoms with Crippen molar-refractivity contribution in [1.29, 1.82) is 0 Å². The van der Waals surface area contributed by atoms with E-state index in [0.717, 1.165) is 25.1 Å². The standard InChI is InChI=1S/C20H22N2O2/c1-14-4-2-3-5-17(14)18-12-19(18)20(23)22-11-8-16(13-22)24-15-6-9-21-10-7-15/h2-7,9-10,16,18-19H,8,11-13H2,1H3. The van der Waals surface area contributed by atoms with Crippen molar-refractivity contribution < 1.29 is 9.53 Å². The molecule has 4 rings (SSSR count). The Balaban J connectivity index is 1.35. The number of aromatic nitrogens is 1. The van der Waals surface area contributed by atoms with Crippen LogP contribution in [-0.4, -0.2) is 35.0 Å². The minimum Gasteiger partial charge on any atom is -0.488 e. The van der Waals surface area contributed by atoms with Crippen molar-refractivity contribution in [2.24, 2.45) is 5.92 Å². The van der Waals surface area contributed by atoms with Crippen LogP contribution in [0.4, 0.5) is 0 Å². The molecule has 1 aromatic heterocycles. The van der Waals surface area contributed by atoms with Crippen molar-refractivity contribution in [3.05, 3.63) is 59.9 Å². The number of hydrogen-bond donors (Lipinski definition) is 0. The molecule has 0 bridgehead atoms. The van der Waals surface area contributed by atoms with Crippen LogP contribution in [0.15, 0.2) is 48.8 Å². The Labute approximate surface area is 142 Å². The number of amides is 1. The summed E-state index contributed by atoms with van der Waals surface area (Å²) in [6.07, 6.45) is 5.42. The Morgan fingerprint density at radius 2 is 2.00 bits per heavy atom.